The molecule has 3 N–H and O–H groups in total. The van der Waals surface area contributed by atoms with Crippen molar-refractivity contribution >= 4 is 17.7 Å². The smallest absolute Gasteiger partial charge is 0.235 e. The Balaban J connectivity index is 2.55. The van der Waals surface area contributed by atoms with E-state index in [4.69, 9.17) is 5.73 Å². The van der Waals surface area contributed by atoms with Crippen LogP contribution >= 0.6 is 11.8 Å². The molecule has 1 rings (SSSR count). The van der Waals surface area contributed by atoms with Gasteiger partial charge < -0.3 is 11.1 Å². The summed E-state index contributed by atoms with van der Waals surface area (Å²) in [5.41, 5.74) is 7.94. The molecule has 4 heteroatoms. The van der Waals surface area contributed by atoms with Crippen LogP contribution in [0.3, 0.4) is 0 Å². The van der Waals surface area contributed by atoms with Crippen LogP contribution in [0.4, 0.5) is 0 Å². The Hall–Kier alpha value is -1.00. The van der Waals surface area contributed by atoms with Gasteiger partial charge in [-0.15, -0.1) is 11.8 Å². The number of amides is 1. The Morgan fingerprint density at radius 3 is 2.67 bits per heavy atom. The van der Waals surface area contributed by atoms with Crippen LogP contribution in [0.2, 0.25) is 0 Å². The molecule has 0 aliphatic rings. The maximum absolute atomic E-state index is 11.3. The van der Waals surface area contributed by atoms with E-state index in [9.17, 15) is 4.79 Å². The first kappa shape index (κ1) is 15.1. The third-order valence-electron chi connectivity index (χ3n) is 2.88. The molecule has 18 heavy (non-hydrogen) atoms. The highest BCUT2D eigenvalue weighted by molar-refractivity contribution is 7.99. The third kappa shape index (κ3) is 4.70. The van der Waals surface area contributed by atoms with E-state index in [1.54, 1.807) is 11.8 Å². The van der Waals surface area contributed by atoms with E-state index in [0.29, 0.717) is 5.75 Å². The summed E-state index contributed by atoms with van der Waals surface area (Å²) in [5, 5.41) is 3.17. The van der Waals surface area contributed by atoms with Crippen molar-refractivity contribution in [2.24, 2.45) is 5.73 Å². The Bertz CT molecular complexity index is 407. The highest BCUT2D eigenvalue weighted by atomic mass is 32.2. The van der Waals surface area contributed by atoms with Crippen LogP contribution in [-0.4, -0.2) is 24.2 Å². The largest absolute Gasteiger partial charge is 0.368 e. The number of hydrogen-bond acceptors (Lipinski definition) is 3. The average molecular weight is 266 g/mol. The van der Waals surface area contributed by atoms with Crippen LogP contribution in [0.5, 0.6) is 0 Å². The molecule has 0 aliphatic carbocycles. The Morgan fingerprint density at radius 2 is 2.11 bits per heavy atom. The van der Waals surface area contributed by atoms with Gasteiger partial charge in [-0.1, -0.05) is 13.0 Å². The molecule has 0 aromatic heterocycles. The van der Waals surface area contributed by atoms with E-state index in [1.807, 2.05) is 0 Å². The lowest BCUT2D eigenvalue weighted by molar-refractivity contribution is -0.119. The van der Waals surface area contributed by atoms with Crippen molar-refractivity contribution in [3.05, 3.63) is 29.3 Å². The van der Waals surface area contributed by atoms with E-state index in [1.165, 1.54) is 16.0 Å². The van der Waals surface area contributed by atoms with Crippen molar-refractivity contribution in [3.63, 3.8) is 0 Å². The molecule has 1 aromatic carbocycles. The number of rotatable bonds is 7. The Kier molecular flexibility index (Phi) is 6.22. The number of thioether (sulfide) groups is 1. The molecule has 0 spiro atoms. The summed E-state index contributed by atoms with van der Waals surface area (Å²) in [6.07, 6.45) is 0.998. The van der Waals surface area contributed by atoms with Crippen molar-refractivity contribution in [2.75, 3.05) is 12.3 Å². The van der Waals surface area contributed by atoms with Crippen molar-refractivity contribution in [3.8, 4) is 0 Å². The molecule has 1 aromatic rings. The number of benzene rings is 1. The highest BCUT2D eigenvalue weighted by Gasteiger charge is 2.14. The van der Waals surface area contributed by atoms with Crippen molar-refractivity contribution in [1.82, 2.24) is 5.32 Å². The molecular formula is C14H22N2OS. The zero-order chi connectivity index (χ0) is 13.5. The zero-order valence-corrected chi connectivity index (χ0v) is 12.1. The Labute approximate surface area is 114 Å². The molecule has 3 nitrogen and oxygen atoms in total. The topological polar surface area (TPSA) is 55.1 Å². The molecule has 1 amide bonds. The fraction of sp³-hybridized carbons (Fsp3) is 0.500. The molecule has 0 saturated heterocycles. The molecule has 0 radical (unpaired) electrons. The number of hydrogen-bond donors (Lipinski definition) is 2. The lowest BCUT2D eigenvalue weighted by Gasteiger charge is -2.14. The normalized spacial score (nSPS) is 12.4. The lowest BCUT2D eigenvalue weighted by Crippen LogP contribution is -2.43. The number of carbonyl (C=O) groups excluding carboxylic acids is 1. The number of carbonyl (C=O) groups is 1. The van der Waals surface area contributed by atoms with E-state index in [2.05, 4.69) is 44.3 Å². The molecule has 0 bridgehead atoms. The second-order valence-corrected chi connectivity index (χ2v) is 5.56. The van der Waals surface area contributed by atoms with Crippen LogP contribution in [0, 0.1) is 13.8 Å². The molecule has 0 heterocycles. The van der Waals surface area contributed by atoms with Crippen LogP contribution in [-0.2, 0) is 4.79 Å². The summed E-state index contributed by atoms with van der Waals surface area (Å²) in [4.78, 5) is 12.5. The van der Waals surface area contributed by atoms with Gasteiger partial charge in [0, 0.05) is 10.6 Å². The summed E-state index contributed by atoms with van der Waals surface area (Å²) in [7, 11) is 0. The predicted octanol–water partition coefficient (Wildman–Crippen LogP) is 2.25. The average Bonchev–Trinajstić information content (AvgIpc) is 2.33. The van der Waals surface area contributed by atoms with Gasteiger partial charge in [0.1, 0.15) is 0 Å². The maximum atomic E-state index is 11.3. The van der Waals surface area contributed by atoms with Gasteiger partial charge in [0.25, 0.3) is 0 Å². The summed E-state index contributed by atoms with van der Waals surface area (Å²) < 4.78 is 0. The highest BCUT2D eigenvalue weighted by Crippen LogP contribution is 2.21. The molecule has 100 valence electrons. The predicted molar refractivity (Wildman–Crippen MR) is 77.9 cm³/mol. The van der Waals surface area contributed by atoms with Crippen LogP contribution in [0.1, 0.15) is 24.5 Å². The number of aryl methyl sites for hydroxylation is 2. The second-order valence-electron chi connectivity index (χ2n) is 4.47. The minimum absolute atomic E-state index is 0.253. The summed E-state index contributed by atoms with van der Waals surface area (Å²) in [6.45, 7) is 7.09. The van der Waals surface area contributed by atoms with Gasteiger partial charge in [-0.05, 0) is 50.1 Å². The first-order chi connectivity index (χ1) is 8.54. The Morgan fingerprint density at radius 1 is 1.39 bits per heavy atom. The molecule has 1 atom stereocenters. The molecule has 0 aliphatic heterocycles. The monoisotopic (exact) mass is 266 g/mol. The molecule has 1 unspecified atom stereocenters. The molecule has 0 saturated carbocycles. The van der Waals surface area contributed by atoms with E-state index in [0.717, 1.165) is 13.0 Å². The molecule has 0 fully saturated rings. The summed E-state index contributed by atoms with van der Waals surface area (Å²) in [5.74, 6) is 0.400. The lowest BCUT2D eigenvalue weighted by atomic mass is 10.1. The fourth-order valence-electron chi connectivity index (χ4n) is 1.54. The fourth-order valence-corrected chi connectivity index (χ4v) is 2.61. The first-order valence-electron chi connectivity index (χ1n) is 6.27. The quantitative estimate of drug-likeness (QED) is 0.744. The maximum Gasteiger partial charge on any atom is 0.235 e. The third-order valence-corrected chi connectivity index (χ3v) is 3.97. The van der Waals surface area contributed by atoms with Gasteiger partial charge in [-0.25, -0.2) is 0 Å². The number of nitrogens with two attached hydrogens (primary N) is 1. The van der Waals surface area contributed by atoms with Gasteiger partial charge in [-0.2, -0.15) is 0 Å². The SMILES string of the molecule is CCCNC(CSc1ccc(C)c(C)c1)C(N)=O. The summed E-state index contributed by atoms with van der Waals surface area (Å²) >= 11 is 1.67. The standard InChI is InChI=1S/C14H22N2OS/c1-4-7-16-13(14(15)17)9-18-12-6-5-10(2)11(3)8-12/h5-6,8,13,16H,4,7,9H2,1-3H3,(H2,15,17). The summed E-state index contributed by atoms with van der Waals surface area (Å²) in [6, 6.07) is 6.09. The molecular weight excluding hydrogens is 244 g/mol. The van der Waals surface area contributed by atoms with Gasteiger partial charge in [0.05, 0.1) is 6.04 Å². The zero-order valence-electron chi connectivity index (χ0n) is 11.3. The number of primary amides is 1. The first-order valence-corrected chi connectivity index (χ1v) is 7.26. The minimum atomic E-state index is -0.278. The van der Waals surface area contributed by atoms with E-state index in [-0.39, 0.29) is 11.9 Å². The van der Waals surface area contributed by atoms with E-state index >= 15 is 0 Å². The minimum Gasteiger partial charge on any atom is -0.368 e. The van der Waals surface area contributed by atoms with Gasteiger partial charge in [0.15, 0.2) is 0 Å². The van der Waals surface area contributed by atoms with Crippen molar-refractivity contribution < 1.29 is 4.79 Å². The van der Waals surface area contributed by atoms with Crippen molar-refractivity contribution in [1.29, 1.82) is 0 Å². The number of nitrogens with one attached hydrogen (secondary N) is 1. The van der Waals surface area contributed by atoms with E-state index < -0.39 is 0 Å². The second kappa shape index (κ2) is 7.44. The van der Waals surface area contributed by atoms with Crippen LogP contribution < -0.4 is 11.1 Å². The van der Waals surface area contributed by atoms with Crippen LogP contribution in [0.25, 0.3) is 0 Å². The van der Waals surface area contributed by atoms with Gasteiger partial charge >= 0.3 is 0 Å². The van der Waals surface area contributed by atoms with Gasteiger partial charge in [0.2, 0.25) is 5.91 Å². The van der Waals surface area contributed by atoms with Crippen LogP contribution in [0.15, 0.2) is 23.1 Å². The van der Waals surface area contributed by atoms with Crippen molar-refractivity contribution in [2.45, 2.75) is 38.1 Å². The van der Waals surface area contributed by atoms with Gasteiger partial charge in [-0.3, -0.25) is 4.79 Å².